The fourth-order valence-corrected chi connectivity index (χ4v) is 4.21. The molecule has 0 aromatic heterocycles. The molecule has 0 saturated carbocycles. The normalized spacial score (nSPS) is 11.1. The lowest BCUT2D eigenvalue weighted by molar-refractivity contribution is -0.385. The Bertz CT molecular complexity index is 1330. The summed E-state index contributed by atoms with van der Waals surface area (Å²) in [5.74, 6) is 1.36. The summed E-state index contributed by atoms with van der Waals surface area (Å²) >= 11 is 0. The molecule has 11 nitrogen and oxygen atoms in total. The Kier molecular flexibility index (Phi) is 7.53. The molecule has 0 radical (unpaired) electrons. The fourth-order valence-electron chi connectivity index (χ4n) is 2.96. The van der Waals surface area contributed by atoms with Crippen molar-refractivity contribution in [3.05, 3.63) is 76.3 Å². The number of methoxy groups -OCH3 is 3. The summed E-state index contributed by atoms with van der Waals surface area (Å²) < 4.78 is 44.3. The van der Waals surface area contributed by atoms with E-state index in [2.05, 4.69) is 15.2 Å². The summed E-state index contributed by atoms with van der Waals surface area (Å²) in [5, 5.41) is 15.4. The number of ether oxygens (including phenoxy) is 3. The predicted molar refractivity (Wildman–Crippen MR) is 128 cm³/mol. The van der Waals surface area contributed by atoms with E-state index in [4.69, 9.17) is 14.2 Å². The van der Waals surface area contributed by atoms with Crippen LogP contribution in [0.3, 0.4) is 0 Å². The van der Waals surface area contributed by atoms with Gasteiger partial charge in [-0.2, -0.15) is 5.10 Å². The van der Waals surface area contributed by atoms with Crippen LogP contribution < -0.4 is 24.4 Å². The zero-order chi connectivity index (χ0) is 24.7. The molecule has 2 N–H and O–H groups in total. The van der Waals surface area contributed by atoms with Crippen LogP contribution >= 0.6 is 0 Å². The molecule has 3 aromatic rings. The molecule has 178 valence electrons. The summed E-state index contributed by atoms with van der Waals surface area (Å²) in [6, 6.07) is 14.9. The second-order valence-electron chi connectivity index (χ2n) is 6.72. The van der Waals surface area contributed by atoms with Gasteiger partial charge in [0.1, 0.15) is 22.1 Å². The third-order valence-electron chi connectivity index (χ3n) is 4.65. The largest absolute Gasteiger partial charge is 0.497 e. The first-order chi connectivity index (χ1) is 16.3. The van der Waals surface area contributed by atoms with E-state index in [9.17, 15) is 18.5 Å². The molecule has 0 bridgehead atoms. The zero-order valence-electron chi connectivity index (χ0n) is 18.5. The van der Waals surface area contributed by atoms with Gasteiger partial charge in [-0.15, -0.1) is 0 Å². The van der Waals surface area contributed by atoms with Crippen LogP contribution in [0.4, 0.5) is 17.1 Å². The Balaban J connectivity index is 1.96. The van der Waals surface area contributed by atoms with Crippen LogP contribution in [0.25, 0.3) is 0 Å². The molecular weight excluding hydrogens is 464 g/mol. The molecule has 0 fully saturated rings. The third-order valence-corrected chi connectivity index (χ3v) is 6.05. The van der Waals surface area contributed by atoms with Gasteiger partial charge in [-0.3, -0.25) is 20.3 Å². The van der Waals surface area contributed by atoms with Crippen molar-refractivity contribution in [3.63, 3.8) is 0 Å². The first kappa shape index (κ1) is 24.3. The van der Waals surface area contributed by atoms with E-state index < -0.39 is 20.6 Å². The SMILES string of the molecule is COc1ccc(/C=N/Nc2ccc([N+](=O)[O-])cc2S(=O)(=O)Nc2ccccc2OC)c(OC)c1. The Hall–Kier alpha value is -4.32. The number of anilines is 2. The van der Waals surface area contributed by atoms with Crippen LogP contribution in [-0.4, -0.2) is 40.9 Å². The van der Waals surface area contributed by atoms with E-state index >= 15 is 0 Å². The van der Waals surface area contributed by atoms with E-state index in [-0.39, 0.29) is 22.0 Å². The van der Waals surface area contributed by atoms with Gasteiger partial charge in [0.05, 0.1) is 43.8 Å². The second-order valence-corrected chi connectivity index (χ2v) is 8.37. The van der Waals surface area contributed by atoms with Crippen molar-refractivity contribution in [3.8, 4) is 17.2 Å². The number of hydrazone groups is 1. The average Bonchev–Trinajstić information content (AvgIpc) is 2.84. The van der Waals surface area contributed by atoms with Gasteiger partial charge in [0.2, 0.25) is 0 Å². The molecule has 0 unspecified atom stereocenters. The van der Waals surface area contributed by atoms with Crippen molar-refractivity contribution in [2.75, 3.05) is 31.5 Å². The summed E-state index contributed by atoms with van der Waals surface area (Å²) in [5.41, 5.74) is 3.03. The Labute approximate surface area is 196 Å². The van der Waals surface area contributed by atoms with E-state index in [0.717, 1.165) is 6.07 Å². The number of nitrogens with one attached hydrogen (secondary N) is 2. The quantitative estimate of drug-likeness (QED) is 0.250. The minimum atomic E-state index is -4.26. The number of nitrogens with zero attached hydrogens (tertiary/aromatic N) is 2. The number of para-hydroxylation sites is 2. The summed E-state index contributed by atoms with van der Waals surface area (Å²) in [4.78, 5) is 10.2. The Morgan fingerprint density at radius 1 is 0.912 bits per heavy atom. The lowest BCUT2D eigenvalue weighted by Crippen LogP contribution is -2.15. The van der Waals surface area contributed by atoms with E-state index in [1.54, 1.807) is 36.4 Å². The maximum atomic E-state index is 13.2. The topological polar surface area (TPSA) is 141 Å². The molecule has 0 amide bonds. The highest BCUT2D eigenvalue weighted by atomic mass is 32.2. The molecule has 0 aliphatic rings. The predicted octanol–water partition coefficient (Wildman–Crippen LogP) is 3.87. The first-order valence-electron chi connectivity index (χ1n) is 9.74. The van der Waals surface area contributed by atoms with Gasteiger partial charge in [0.25, 0.3) is 15.7 Å². The van der Waals surface area contributed by atoms with Gasteiger partial charge < -0.3 is 14.2 Å². The lowest BCUT2D eigenvalue weighted by Gasteiger charge is -2.14. The summed E-state index contributed by atoms with van der Waals surface area (Å²) in [6.07, 6.45) is 1.42. The highest BCUT2D eigenvalue weighted by Gasteiger charge is 2.23. The summed E-state index contributed by atoms with van der Waals surface area (Å²) in [7, 11) is 0.155. The molecule has 12 heteroatoms. The number of nitro groups is 1. The zero-order valence-corrected chi connectivity index (χ0v) is 19.3. The van der Waals surface area contributed by atoms with Gasteiger partial charge in [-0.25, -0.2) is 8.42 Å². The van der Waals surface area contributed by atoms with E-state index in [0.29, 0.717) is 17.1 Å². The van der Waals surface area contributed by atoms with Crippen molar-refractivity contribution in [1.29, 1.82) is 0 Å². The number of rotatable bonds is 10. The van der Waals surface area contributed by atoms with Crippen LogP contribution in [0.1, 0.15) is 5.56 Å². The van der Waals surface area contributed by atoms with Crippen LogP contribution in [0.15, 0.2) is 70.7 Å². The van der Waals surface area contributed by atoms with E-state index in [1.165, 1.54) is 45.7 Å². The summed E-state index contributed by atoms with van der Waals surface area (Å²) in [6.45, 7) is 0. The van der Waals surface area contributed by atoms with Crippen molar-refractivity contribution in [2.45, 2.75) is 4.90 Å². The maximum absolute atomic E-state index is 13.2. The minimum absolute atomic E-state index is 0.0247. The highest BCUT2D eigenvalue weighted by molar-refractivity contribution is 7.93. The molecule has 34 heavy (non-hydrogen) atoms. The van der Waals surface area contributed by atoms with Gasteiger partial charge in [-0.1, -0.05) is 12.1 Å². The second kappa shape index (κ2) is 10.5. The smallest absolute Gasteiger partial charge is 0.270 e. The van der Waals surface area contributed by atoms with E-state index in [1.807, 2.05) is 0 Å². The minimum Gasteiger partial charge on any atom is -0.497 e. The number of benzene rings is 3. The molecule has 0 aliphatic heterocycles. The van der Waals surface area contributed by atoms with Crippen LogP contribution in [0.2, 0.25) is 0 Å². The first-order valence-corrected chi connectivity index (χ1v) is 11.2. The van der Waals surface area contributed by atoms with Gasteiger partial charge in [0, 0.05) is 23.8 Å². The molecular formula is C22H22N4O7S. The highest BCUT2D eigenvalue weighted by Crippen LogP contribution is 2.31. The molecule has 3 rings (SSSR count). The molecule has 0 saturated heterocycles. The number of hydrogen-bond donors (Lipinski definition) is 2. The Morgan fingerprint density at radius 2 is 1.65 bits per heavy atom. The van der Waals surface area contributed by atoms with Crippen molar-refractivity contribution < 1.29 is 27.6 Å². The van der Waals surface area contributed by atoms with Crippen molar-refractivity contribution >= 4 is 33.3 Å². The van der Waals surface area contributed by atoms with Gasteiger partial charge in [-0.05, 0) is 30.3 Å². The molecule has 3 aromatic carbocycles. The van der Waals surface area contributed by atoms with Gasteiger partial charge in [0.15, 0.2) is 0 Å². The molecule has 0 aliphatic carbocycles. The maximum Gasteiger partial charge on any atom is 0.270 e. The average molecular weight is 487 g/mol. The number of nitro benzene ring substituents is 1. The number of hydrogen-bond acceptors (Lipinski definition) is 9. The van der Waals surface area contributed by atoms with Crippen LogP contribution in [0.5, 0.6) is 17.2 Å². The van der Waals surface area contributed by atoms with Crippen LogP contribution in [0, 0.1) is 10.1 Å². The lowest BCUT2D eigenvalue weighted by atomic mass is 10.2. The fraction of sp³-hybridized carbons (Fsp3) is 0.136. The number of sulfonamides is 1. The Morgan fingerprint density at radius 3 is 2.32 bits per heavy atom. The standard InChI is InChI=1S/C22H22N4O7S/c1-31-17-10-8-15(21(13-17)33-3)14-23-24-19-11-9-16(26(27)28)12-22(19)34(29,30)25-18-6-4-5-7-20(18)32-2/h4-14,24-25H,1-3H3/b23-14+. The number of non-ortho nitro benzene ring substituents is 1. The molecule has 0 spiro atoms. The monoisotopic (exact) mass is 486 g/mol. The van der Waals surface area contributed by atoms with Crippen LogP contribution in [-0.2, 0) is 10.0 Å². The molecule has 0 heterocycles. The van der Waals surface area contributed by atoms with Crippen molar-refractivity contribution in [1.82, 2.24) is 0 Å². The van der Waals surface area contributed by atoms with Crippen molar-refractivity contribution in [2.24, 2.45) is 5.10 Å². The molecule has 0 atom stereocenters. The third kappa shape index (κ3) is 5.53. The van der Waals surface area contributed by atoms with Gasteiger partial charge >= 0.3 is 0 Å².